The maximum atomic E-state index is 12.5. The molecule has 0 aliphatic carbocycles. The van der Waals surface area contributed by atoms with Crippen molar-refractivity contribution in [2.24, 2.45) is 0 Å². The fraction of sp³-hybridized carbons (Fsp3) is 0.615. The highest BCUT2D eigenvalue weighted by Crippen LogP contribution is 2.23. The van der Waals surface area contributed by atoms with Gasteiger partial charge in [0, 0.05) is 0 Å². The standard InChI is InChI=1S/C13H19N3O3/c1-5-13(4)12(18)16(9(3)11(17)15-13)7-10-14-6-8(2)19-10/h6,9H,5,7H2,1-4H3,(H,15,17). The van der Waals surface area contributed by atoms with E-state index in [0.717, 1.165) is 0 Å². The zero-order valence-corrected chi connectivity index (χ0v) is 11.7. The predicted molar refractivity (Wildman–Crippen MR) is 68.1 cm³/mol. The second kappa shape index (κ2) is 4.68. The van der Waals surface area contributed by atoms with E-state index >= 15 is 0 Å². The number of piperazine rings is 1. The SMILES string of the molecule is CCC1(C)NC(=O)C(C)N(Cc2ncc(C)o2)C1=O. The summed E-state index contributed by atoms with van der Waals surface area (Å²) in [4.78, 5) is 30.1. The molecule has 2 rings (SSSR count). The van der Waals surface area contributed by atoms with Gasteiger partial charge in [0.05, 0.1) is 12.7 Å². The Morgan fingerprint density at radius 1 is 1.53 bits per heavy atom. The van der Waals surface area contributed by atoms with Gasteiger partial charge in [-0.1, -0.05) is 6.92 Å². The Morgan fingerprint density at radius 3 is 2.74 bits per heavy atom. The van der Waals surface area contributed by atoms with E-state index in [1.165, 1.54) is 4.90 Å². The number of aromatic nitrogens is 1. The molecule has 6 heteroatoms. The van der Waals surface area contributed by atoms with Crippen molar-refractivity contribution in [2.45, 2.75) is 52.2 Å². The Morgan fingerprint density at radius 2 is 2.21 bits per heavy atom. The van der Waals surface area contributed by atoms with Gasteiger partial charge in [-0.2, -0.15) is 0 Å². The van der Waals surface area contributed by atoms with Gasteiger partial charge in [0.15, 0.2) is 0 Å². The van der Waals surface area contributed by atoms with Crippen LogP contribution in [0.4, 0.5) is 0 Å². The van der Waals surface area contributed by atoms with Crippen LogP contribution in [-0.4, -0.2) is 33.3 Å². The summed E-state index contributed by atoms with van der Waals surface area (Å²) in [6, 6.07) is -0.515. The Kier molecular flexibility index (Phi) is 3.34. The van der Waals surface area contributed by atoms with Crippen molar-refractivity contribution in [3.05, 3.63) is 17.8 Å². The molecular formula is C13H19N3O3. The predicted octanol–water partition coefficient (Wildman–Crippen LogP) is 0.999. The number of carbonyl (C=O) groups excluding carboxylic acids is 2. The number of amides is 2. The van der Waals surface area contributed by atoms with Crippen LogP contribution in [0.3, 0.4) is 0 Å². The smallest absolute Gasteiger partial charge is 0.249 e. The first-order valence-corrected chi connectivity index (χ1v) is 6.42. The second-order valence-electron chi connectivity index (χ2n) is 5.15. The Labute approximate surface area is 112 Å². The van der Waals surface area contributed by atoms with Crippen molar-refractivity contribution in [3.8, 4) is 0 Å². The van der Waals surface area contributed by atoms with E-state index in [1.54, 1.807) is 27.0 Å². The average Bonchev–Trinajstić information content (AvgIpc) is 2.78. The molecule has 104 valence electrons. The van der Waals surface area contributed by atoms with Crippen LogP contribution in [0.2, 0.25) is 0 Å². The zero-order valence-electron chi connectivity index (χ0n) is 11.7. The van der Waals surface area contributed by atoms with E-state index in [2.05, 4.69) is 10.3 Å². The third-order valence-corrected chi connectivity index (χ3v) is 3.66. The molecule has 2 unspecified atom stereocenters. The Bertz CT molecular complexity index is 511. The minimum absolute atomic E-state index is 0.0991. The molecule has 1 aromatic heterocycles. The zero-order chi connectivity index (χ0) is 14.2. The monoisotopic (exact) mass is 265 g/mol. The third kappa shape index (κ3) is 2.34. The summed E-state index contributed by atoms with van der Waals surface area (Å²) in [7, 11) is 0. The highest BCUT2D eigenvalue weighted by molar-refractivity contribution is 5.99. The Balaban J connectivity index is 2.25. The molecule has 0 spiro atoms. The molecule has 19 heavy (non-hydrogen) atoms. The normalized spacial score (nSPS) is 27.6. The van der Waals surface area contributed by atoms with Gasteiger partial charge in [0.25, 0.3) is 0 Å². The quantitative estimate of drug-likeness (QED) is 0.884. The van der Waals surface area contributed by atoms with Crippen LogP contribution in [0.25, 0.3) is 0 Å². The molecule has 0 radical (unpaired) electrons. The van der Waals surface area contributed by atoms with Crippen LogP contribution >= 0.6 is 0 Å². The maximum Gasteiger partial charge on any atom is 0.249 e. The number of carbonyl (C=O) groups is 2. The van der Waals surface area contributed by atoms with Gasteiger partial charge in [-0.05, 0) is 27.2 Å². The summed E-state index contributed by atoms with van der Waals surface area (Å²) in [6.45, 7) is 7.34. The highest BCUT2D eigenvalue weighted by Gasteiger charge is 2.45. The lowest BCUT2D eigenvalue weighted by molar-refractivity contribution is -0.154. The van der Waals surface area contributed by atoms with Crippen molar-refractivity contribution < 1.29 is 14.0 Å². The average molecular weight is 265 g/mol. The summed E-state index contributed by atoms with van der Waals surface area (Å²) < 4.78 is 5.38. The minimum Gasteiger partial charge on any atom is -0.444 e. The molecular weight excluding hydrogens is 246 g/mol. The summed E-state index contributed by atoms with van der Waals surface area (Å²) in [5, 5.41) is 2.78. The first kappa shape index (κ1) is 13.6. The van der Waals surface area contributed by atoms with Crippen molar-refractivity contribution in [1.29, 1.82) is 0 Å². The van der Waals surface area contributed by atoms with Gasteiger partial charge in [0.2, 0.25) is 17.7 Å². The number of rotatable bonds is 3. The van der Waals surface area contributed by atoms with Gasteiger partial charge in [-0.15, -0.1) is 0 Å². The number of hydrogen-bond acceptors (Lipinski definition) is 4. The van der Waals surface area contributed by atoms with E-state index < -0.39 is 11.6 Å². The molecule has 1 aliphatic rings. The second-order valence-corrected chi connectivity index (χ2v) is 5.15. The van der Waals surface area contributed by atoms with Crippen LogP contribution in [-0.2, 0) is 16.1 Å². The molecule has 1 aromatic rings. The molecule has 2 atom stereocenters. The third-order valence-electron chi connectivity index (χ3n) is 3.66. The lowest BCUT2D eigenvalue weighted by Crippen LogP contribution is -2.68. The van der Waals surface area contributed by atoms with Crippen LogP contribution < -0.4 is 5.32 Å². The van der Waals surface area contributed by atoms with Crippen LogP contribution in [0.1, 0.15) is 38.8 Å². The van der Waals surface area contributed by atoms with E-state index in [0.29, 0.717) is 18.1 Å². The highest BCUT2D eigenvalue weighted by atomic mass is 16.4. The van der Waals surface area contributed by atoms with Crippen molar-refractivity contribution in [1.82, 2.24) is 15.2 Å². The lowest BCUT2D eigenvalue weighted by Gasteiger charge is -2.42. The molecule has 1 fully saturated rings. The molecule has 2 heterocycles. The van der Waals surface area contributed by atoms with E-state index in [1.807, 2.05) is 6.92 Å². The number of oxazole rings is 1. The molecule has 1 aliphatic heterocycles. The number of nitrogens with one attached hydrogen (secondary N) is 1. The van der Waals surface area contributed by atoms with Crippen molar-refractivity contribution in [3.63, 3.8) is 0 Å². The van der Waals surface area contributed by atoms with Gasteiger partial charge in [-0.3, -0.25) is 9.59 Å². The summed E-state index contributed by atoms with van der Waals surface area (Å²) in [5.74, 6) is 0.894. The molecule has 6 nitrogen and oxygen atoms in total. The number of nitrogens with zero attached hydrogens (tertiary/aromatic N) is 2. The van der Waals surface area contributed by atoms with Gasteiger partial charge in [0.1, 0.15) is 17.3 Å². The topological polar surface area (TPSA) is 75.4 Å². The molecule has 1 N–H and O–H groups in total. The van der Waals surface area contributed by atoms with E-state index in [-0.39, 0.29) is 18.4 Å². The van der Waals surface area contributed by atoms with Crippen molar-refractivity contribution >= 4 is 11.8 Å². The summed E-state index contributed by atoms with van der Waals surface area (Å²) >= 11 is 0. The summed E-state index contributed by atoms with van der Waals surface area (Å²) in [6.07, 6.45) is 2.15. The molecule has 2 amide bonds. The van der Waals surface area contributed by atoms with Gasteiger partial charge in [-0.25, -0.2) is 4.98 Å². The molecule has 1 saturated heterocycles. The Hall–Kier alpha value is -1.85. The first-order valence-electron chi connectivity index (χ1n) is 6.42. The van der Waals surface area contributed by atoms with E-state index in [9.17, 15) is 9.59 Å². The van der Waals surface area contributed by atoms with Crippen molar-refractivity contribution in [2.75, 3.05) is 0 Å². The number of hydrogen-bond donors (Lipinski definition) is 1. The molecule has 0 bridgehead atoms. The maximum absolute atomic E-state index is 12.5. The fourth-order valence-corrected chi connectivity index (χ4v) is 2.13. The largest absolute Gasteiger partial charge is 0.444 e. The number of aryl methyl sites for hydroxylation is 1. The molecule has 0 saturated carbocycles. The fourth-order valence-electron chi connectivity index (χ4n) is 2.13. The van der Waals surface area contributed by atoms with Gasteiger partial charge >= 0.3 is 0 Å². The van der Waals surface area contributed by atoms with Crippen LogP contribution in [0.15, 0.2) is 10.6 Å². The minimum atomic E-state index is -0.842. The summed E-state index contributed by atoms with van der Waals surface area (Å²) in [5.41, 5.74) is -0.842. The van der Waals surface area contributed by atoms with Crippen LogP contribution in [0.5, 0.6) is 0 Å². The molecule has 0 aromatic carbocycles. The lowest BCUT2D eigenvalue weighted by atomic mass is 9.92. The van der Waals surface area contributed by atoms with E-state index in [4.69, 9.17) is 4.42 Å². The van der Waals surface area contributed by atoms with Gasteiger partial charge < -0.3 is 14.6 Å². The van der Waals surface area contributed by atoms with Crippen LogP contribution in [0, 0.1) is 6.92 Å². The first-order chi connectivity index (χ1) is 8.87.